The van der Waals surface area contributed by atoms with Gasteiger partial charge in [0.15, 0.2) is 0 Å². The highest BCUT2D eigenvalue weighted by Gasteiger charge is 2.26. The van der Waals surface area contributed by atoms with E-state index in [2.05, 4.69) is 40.0 Å². The zero-order valence-electron chi connectivity index (χ0n) is 13.1. The normalized spacial score (nSPS) is 19.3. The fraction of sp³-hybridized carbons (Fsp3) is 0.562. The van der Waals surface area contributed by atoms with E-state index in [-0.39, 0.29) is 0 Å². The van der Waals surface area contributed by atoms with Crippen LogP contribution in [0.2, 0.25) is 0 Å². The molecule has 5 nitrogen and oxygen atoms in total. The van der Waals surface area contributed by atoms with Crippen LogP contribution in [0, 0.1) is 13.8 Å². The fourth-order valence-corrected chi connectivity index (χ4v) is 2.97. The summed E-state index contributed by atoms with van der Waals surface area (Å²) < 4.78 is 2.02. The van der Waals surface area contributed by atoms with Crippen molar-refractivity contribution in [1.29, 1.82) is 0 Å². The van der Waals surface area contributed by atoms with Crippen LogP contribution in [0.3, 0.4) is 0 Å². The molecule has 0 spiro atoms. The standard InChI is InChI=1S/C16H23N5/c1-4-21-11-15(13(3)19-21)10-20-8-6-14(9-20)16-17-7-5-12(2)18-16/h5,7,11,14H,4,6,8-10H2,1-3H3. The first-order valence-electron chi connectivity index (χ1n) is 7.70. The van der Waals surface area contributed by atoms with Crippen molar-refractivity contribution in [3.63, 3.8) is 0 Å². The maximum atomic E-state index is 4.58. The molecule has 3 heterocycles. The number of aryl methyl sites for hydroxylation is 3. The van der Waals surface area contributed by atoms with Gasteiger partial charge in [0.2, 0.25) is 0 Å². The molecule has 0 radical (unpaired) electrons. The van der Waals surface area contributed by atoms with Crippen molar-refractivity contribution in [3.8, 4) is 0 Å². The summed E-state index contributed by atoms with van der Waals surface area (Å²) in [6.07, 6.45) is 5.19. The van der Waals surface area contributed by atoms with Crippen LogP contribution in [-0.4, -0.2) is 37.7 Å². The second kappa shape index (κ2) is 5.93. The molecule has 1 saturated heterocycles. The molecule has 1 unspecified atom stereocenters. The summed E-state index contributed by atoms with van der Waals surface area (Å²) in [6.45, 7) is 10.3. The van der Waals surface area contributed by atoms with Crippen LogP contribution in [0.1, 0.15) is 42.0 Å². The van der Waals surface area contributed by atoms with Crippen molar-refractivity contribution in [3.05, 3.63) is 41.2 Å². The molecular formula is C16H23N5. The van der Waals surface area contributed by atoms with Crippen LogP contribution in [0.15, 0.2) is 18.5 Å². The van der Waals surface area contributed by atoms with E-state index in [1.165, 1.54) is 5.56 Å². The molecule has 0 saturated carbocycles. The van der Waals surface area contributed by atoms with Crippen LogP contribution < -0.4 is 0 Å². The van der Waals surface area contributed by atoms with Crippen molar-refractivity contribution >= 4 is 0 Å². The third kappa shape index (κ3) is 3.13. The zero-order valence-corrected chi connectivity index (χ0v) is 13.1. The van der Waals surface area contributed by atoms with E-state index in [0.29, 0.717) is 5.92 Å². The SMILES string of the molecule is CCn1cc(CN2CCC(c3nccc(C)n3)C2)c(C)n1. The van der Waals surface area contributed by atoms with Crippen molar-refractivity contribution in [2.45, 2.75) is 46.2 Å². The summed E-state index contributed by atoms with van der Waals surface area (Å²) in [5.74, 6) is 1.46. The molecule has 2 aromatic heterocycles. The predicted molar refractivity (Wildman–Crippen MR) is 82.0 cm³/mol. The number of aromatic nitrogens is 4. The van der Waals surface area contributed by atoms with Crippen LogP contribution in [0.25, 0.3) is 0 Å². The summed E-state index contributed by atoms with van der Waals surface area (Å²) in [6, 6.07) is 1.96. The molecule has 0 amide bonds. The van der Waals surface area contributed by atoms with Crippen LogP contribution >= 0.6 is 0 Å². The minimum Gasteiger partial charge on any atom is -0.298 e. The predicted octanol–water partition coefficient (Wildman–Crippen LogP) is 2.30. The second-order valence-electron chi connectivity index (χ2n) is 5.87. The second-order valence-corrected chi connectivity index (χ2v) is 5.87. The first-order valence-corrected chi connectivity index (χ1v) is 7.70. The maximum absolute atomic E-state index is 4.58. The van der Waals surface area contributed by atoms with Gasteiger partial charge in [0.25, 0.3) is 0 Å². The summed E-state index contributed by atoms with van der Waals surface area (Å²) >= 11 is 0. The Hall–Kier alpha value is -1.75. The van der Waals surface area contributed by atoms with E-state index >= 15 is 0 Å². The average Bonchev–Trinajstić information content (AvgIpc) is 3.07. The Morgan fingerprint density at radius 2 is 2.19 bits per heavy atom. The first kappa shape index (κ1) is 14.2. The summed E-state index contributed by atoms with van der Waals surface area (Å²) in [5, 5.41) is 4.53. The Morgan fingerprint density at radius 1 is 1.33 bits per heavy atom. The number of rotatable bonds is 4. The number of nitrogens with zero attached hydrogens (tertiary/aromatic N) is 5. The van der Waals surface area contributed by atoms with Gasteiger partial charge >= 0.3 is 0 Å². The number of likely N-dealkylation sites (tertiary alicyclic amines) is 1. The Morgan fingerprint density at radius 3 is 2.90 bits per heavy atom. The van der Waals surface area contributed by atoms with Gasteiger partial charge in [-0.25, -0.2) is 9.97 Å². The lowest BCUT2D eigenvalue weighted by Gasteiger charge is -2.15. The molecule has 21 heavy (non-hydrogen) atoms. The van der Waals surface area contributed by atoms with Gasteiger partial charge in [0.1, 0.15) is 5.82 Å². The van der Waals surface area contributed by atoms with E-state index in [4.69, 9.17) is 0 Å². The molecule has 1 fully saturated rings. The van der Waals surface area contributed by atoms with Gasteiger partial charge in [0.05, 0.1) is 5.69 Å². The van der Waals surface area contributed by atoms with Gasteiger partial charge in [-0.15, -0.1) is 0 Å². The number of hydrogen-bond acceptors (Lipinski definition) is 4. The zero-order chi connectivity index (χ0) is 14.8. The van der Waals surface area contributed by atoms with E-state index in [1.54, 1.807) is 0 Å². The fourth-order valence-electron chi connectivity index (χ4n) is 2.97. The summed E-state index contributed by atoms with van der Waals surface area (Å²) in [7, 11) is 0. The Labute approximate surface area is 126 Å². The van der Waals surface area contributed by atoms with Gasteiger partial charge in [0, 0.05) is 49.2 Å². The van der Waals surface area contributed by atoms with Crippen LogP contribution in [0.4, 0.5) is 0 Å². The molecule has 0 N–H and O–H groups in total. The minimum atomic E-state index is 0.464. The molecule has 5 heteroatoms. The van der Waals surface area contributed by atoms with Crippen molar-refractivity contribution in [1.82, 2.24) is 24.6 Å². The monoisotopic (exact) mass is 285 g/mol. The summed E-state index contributed by atoms with van der Waals surface area (Å²) in [5.41, 5.74) is 3.54. The van der Waals surface area contributed by atoms with Crippen molar-refractivity contribution < 1.29 is 0 Å². The van der Waals surface area contributed by atoms with Crippen molar-refractivity contribution in [2.75, 3.05) is 13.1 Å². The van der Waals surface area contributed by atoms with E-state index in [9.17, 15) is 0 Å². The third-order valence-electron chi connectivity index (χ3n) is 4.22. The van der Waals surface area contributed by atoms with Gasteiger partial charge in [-0.1, -0.05) is 0 Å². The van der Waals surface area contributed by atoms with E-state index in [0.717, 1.165) is 49.8 Å². The van der Waals surface area contributed by atoms with E-state index < -0.39 is 0 Å². The minimum absolute atomic E-state index is 0.464. The van der Waals surface area contributed by atoms with E-state index in [1.807, 2.05) is 23.9 Å². The third-order valence-corrected chi connectivity index (χ3v) is 4.22. The van der Waals surface area contributed by atoms with Gasteiger partial charge < -0.3 is 0 Å². The highest BCUT2D eigenvalue weighted by molar-refractivity contribution is 5.16. The maximum Gasteiger partial charge on any atom is 0.132 e. The van der Waals surface area contributed by atoms with Crippen LogP contribution in [-0.2, 0) is 13.1 Å². The Balaban J connectivity index is 1.65. The average molecular weight is 285 g/mol. The molecule has 1 aliphatic heterocycles. The highest BCUT2D eigenvalue weighted by Crippen LogP contribution is 2.26. The smallest absolute Gasteiger partial charge is 0.132 e. The Kier molecular flexibility index (Phi) is 4.01. The van der Waals surface area contributed by atoms with Gasteiger partial charge in [-0.05, 0) is 39.8 Å². The molecule has 0 bridgehead atoms. The summed E-state index contributed by atoms with van der Waals surface area (Å²) in [4.78, 5) is 11.5. The lowest BCUT2D eigenvalue weighted by Crippen LogP contribution is -2.20. The quantitative estimate of drug-likeness (QED) is 0.865. The van der Waals surface area contributed by atoms with Crippen LogP contribution in [0.5, 0.6) is 0 Å². The molecule has 1 aliphatic rings. The van der Waals surface area contributed by atoms with Gasteiger partial charge in [-0.2, -0.15) is 5.10 Å². The molecular weight excluding hydrogens is 262 g/mol. The van der Waals surface area contributed by atoms with Gasteiger partial charge in [-0.3, -0.25) is 9.58 Å². The first-order chi connectivity index (χ1) is 10.2. The molecule has 0 aliphatic carbocycles. The molecule has 112 valence electrons. The molecule has 0 aromatic carbocycles. The lowest BCUT2D eigenvalue weighted by atomic mass is 10.1. The molecule has 3 rings (SSSR count). The Bertz CT molecular complexity index is 619. The van der Waals surface area contributed by atoms with Crippen molar-refractivity contribution in [2.24, 2.45) is 0 Å². The highest BCUT2D eigenvalue weighted by atomic mass is 15.3. The largest absolute Gasteiger partial charge is 0.298 e. The molecule has 2 aromatic rings. The molecule has 1 atom stereocenters. The number of hydrogen-bond donors (Lipinski definition) is 0. The topological polar surface area (TPSA) is 46.8 Å². The lowest BCUT2D eigenvalue weighted by molar-refractivity contribution is 0.325.